The maximum atomic E-state index is 12.4. The van der Waals surface area contributed by atoms with Gasteiger partial charge in [-0.1, -0.05) is 19.3 Å². The summed E-state index contributed by atoms with van der Waals surface area (Å²) < 4.78 is 0. The van der Waals surface area contributed by atoms with E-state index in [1.165, 1.54) is 19.3 Å². The van der Waals surface area contributed by atoms with E-state index < -0.39 is 13.1 Å². The summed E-state index contributed by atoms with van der Waals surface area (Å²) in [6.45, 7) is 0.843. The van der Waals surface area contributed by atoms with Gasteiger partial charge in [0, 0.05) is 24.5 Å². The summed E-state index contributed by atoms with van der Waals surface area (Å²) in [6.07, 6.45) is 10.9. The molecule has 0 spiro atoms. The Morgan fingerprint density at radius 2 is 1.56 bits per heavy atom. The van der Waals surface area contributed by atoms with Crippen molar-refractivity contribution >= 4 is 18.9 Å². The molecule has 0 bridgehead atoms. The lowest BCUT2D eigenvalue weighted by Gasteiger charge is -2.32. The van der Waals surface area contributed by atoms with Crippen molar-refractivity contribution in [3.8, 4) is 0 Å². The molecular weight excluding hydrogens is 345 g/mol. The van der Waals surface area contributed by atoms with Gasteiger partial charge in [0.1, 0.15) is 0 Å². The first kappa shape index (κ1) is 20.6. The number of carbonyl (C=O) groups excluding carboxylic acids is 2. The fourth-order valence-corrected chi connectivity index (χ4v) is 4.87. The van der Waals surface area contributed by atoms with E-state index in [4.69, 9.17) is 0 Å². The van der Waals surface area contributed by atoms with E-state index in [-0.39, 0.29) is 36.4 Å². The molecule has 152 valence electrons. The van der Waals surface area contributed by atoms with Crippen molar-refractivity contribution in [3.05, 3.63) is 0 Å². The van der Waals surface area contributed by atoms with Crippen LogP contribution < -0.4 is 10.6 Å². The lowest BCUT2D eigenvalue weighted by molar-refractivity contribution is -0.130. The van der Waals surface area contributed by atoms with Gasteiger partial charge >= 0.3 is 7.12 Å². The van der Waals surface area contributed by atoms with Gasteiger partial charge in [0.2, 0.25) is 11.8 Å². The third-order valence-corrected chi connectivity index (χ3v) is 6.56. The van der Waals surface area contributed by atoms with Crippen molar-refractivity contribution in [1.29, 1.82) is 0 Å². The predicted molar refractivity (Wildman–Crippen MR) is 104 cm³/mol. The summed E-state index contributed by atoms with van der Waals surface area (Å²) >= 11 is 0. The summed E-state index contributed by atoms with van der Waals surface area (Å²) in [6, 6.07) is 0.553. The average molecular weight is 379 g/mol. The van der Waals surface area contributed by atoms with E-state index in [2.05, 4.69) is 10.6 Å². The summed E-state index contributed by atoms with van der Waals surface area (Å²) in [5.41, 5.74) is 0. The van der Waals surface area contributed by atoms with Gasteiger partial charge in [-0.05, 0) is 51.4 Å². The van der Waals surface area contributed by atoms with Gasteiger partial charge in [0.25, 0.3) is 0 Å². The fraction of sp³-hybridized carbons (Fsp3) is 0.895. The molecule has 3 rings (SSSR count). The highest BCUT2D eigenvalue weighted by atomic mass is 16.4. The summed E-state index contributed by atoms with van der Waals surface area (Å²) in [5, 5.41) is 25.3. The second-order valence-corrected chi connectivity index (χ2v) is 8.48. The van der Waals surface area contributed by atoms with Crippen molar-refractivity contribution in [3.63, 3.8) is 0 Å². The van der Waals surface area contributed by atoms with Crippen LogP contribution in [-0.2, 0) is 9.59 Å². The number of hydrogen-bond donors (Lipinski definition) is 4. The molecule has 1 aliphatic heterocycles. The van der Waals surface area contributed by atoms with Gasteiger partial charge in [0.15, 0.2) is 0 Å². The number of hydrogen-bond acceptors (Lipinski definition) is 5. The quantitative estimate of drug-likeness (QED) is 0.506. The van der Waals surface area contributed by atoms with Crippen molar-refractivity contribution in [2.24, 2.45) is 5.92 Å². The van der Waals surface area contributed by atoms with E-state index in [0.29, 0.717) is 13.0 Å². The number of nitrogens with one attached hydrogen (secondary N) is 2. The molecule has 2 amide bonds. The molecule has 3 fully saturated rings. The highest BCUT2D eigenvalue weighted by Crippen LogP contribution is 2.25. The first-order valence-corrected chi connectivity index (χ1v) is 10.7. The summed E-state index contributed by atoms with van der Waals surface area (Å²) in [7, 11) is -1.46. The second kappa shape index (κ2) is 9.89. The third kappa shape index (κ3) is 5.68. The van der Waals surface area contributed by atoms with Crippen LogP contribution in [0, 0.1) is 5.92 Å². The molecule has 0 unspecified atom stereocenters. The van der Waals surface area contributed by atoms with Crippen LogP contribution in [-0.4, -0.2) is 65.0 Å². The Morgan fingerprint density at radius 3 is 2.22 bits per heavy atom. The van der Waals surface area contributed by atoms with Crippen LogP contribution in [0.4, 0.5) is 0 Å². The smallest absolute Gasteiger partial charge is 0.426 e. The zero-order valence-corrected chi connectivity index (χ0v) is 16.2. The minimum atomic E-state index is -1.46. The molecule has 2 aliphatic carbocycles. The number of carbonyl (C=O) groups is 2. The van der Waals surface area contributed by atoms with Crippen LogP contribution in [0.15, 0.2) is 0 Å². The van der Waals surface area contributed by atoms with Gasteiger partial charge < -0.3 is 25.6 Å². The van der Waals surface area contributed by atoms with Crippen LogP contribution in [0.1, 0.15) is 70.6 Å². The summed E-state index contributed by atoms with van der Waals surface area (Å²) in [5.74, 6) is -0.0743. The molecule has 4 N–H and O–H groups in total. The normalized spacial score (nSPS) is 29.6. The zero-order valence-electron chi connectivity index (χ0n) is 16.2. The first-order chi connectivity index (χ1) is 13.0. The molecule has 8 heteroatoms. The van der Waals surface area contributed by atoms with Crippen LogP contribution in [0.3, 0.4) is 0 Å². The topological polar surface area (TPSA) is 102 Å². The number of rotatable bonds is 6. The zero-order chi connectivity index (χ0) is 19.2. The van der Waals surface area contributed by atoms with Crippen molar-refractivity contribution in [1.82, 2.24) is 15.5 Å². The van der Waals surface area contributed by atoms with Crippen LogP contribution >= 0.6 is 0 Å². The molecule has 1 heterocycles. The van der Waals surface area contributed by atoms with Gasteiger partial charge in [0.05, 0.1) is 12.5 Å². The van der Waals surface area contributed by atoms with Crippen LogP contribution in [0.25, 0.3) is 0 Å². The molecule has 3 aliphatic rings. The molecule has 1 saturated heterocycles. The first-order valence-electron chi connectivity index (χ1n) is 10.7. The molecule has 27 heavy (non-hydrogen) atoms. The van der Waals surface area contributed by atoms with E-state index in [1.807, 2.05) is 0 Å². The average Bonchev–Trinajstić information content (AvgIpc) is 3.18. The van der Waals surface area contributed by atoms with Crippen molar-refractivity contribution in [2.75, 3.05) is 13.1 Å². The van der Waals surface area contributed by atoms with Crippen molar-refractivity contribution < 1.29 is 19.6 Å². The number of amides is 2. The summed E-state index contributed by atoms with van der Waals surface area (Å²) in [4.78, 5) is 26.3. The van der Waals surface area contributed by atoms with E-state index in [9.17, 15) is 19.6 Å². The molecule has 2 saturated carbocycles. The fourth-order valence-electron chi connectivity index (χ4n) is 4.87. The Bertz CT molecular complexity index is 505. The second-order valence-electron chi connectivity index (χ2n) is 8.48. The number of likely N-dealkylation sites (tertiary alicyclic amines) is 1. The minimum Gasteiger partial charge on any atom is -0.426 e. The Hall–Kier alpha value is -1.12. The largest absolute Gasteiger partial charge is 0.475 e. The monoisotopic (exact) mass is 379 g/mol. The molecule has 0 aromatic heterocycles. The highest BCUT2D eigenvalue weighted by Gasteiger charge is 2.36. The van der Waals surface area contributed by atoms with Gasteiger partial charge in [-0.15, -0.1) is 0 Å². The van der Waals surface area contributed by atoms with Crippen molar-refractivity contribution in [2.45, 2.75) is 88.7 Å². The predicted octanol–water partition coefficient (Wildman–Crippen LogP) is 0.587. The maximum Gasteiger partial charge on any atom is 0.475 e. The Kier molecular flexibility index (Phi) is 7.55. The standard InChI is InChI=1S/C19H34BN3O4/c24-18(23-12-4-7-17(23)20(26)27)13-21-15-8-10-16(11-9-15)22-19(25)14-5-2-1-3-6-14/h14-17,21,26-27H,1-13H2,(H,22,25)/t15?,16?,17-/m0/s1. The lowest BCUT2D eigenvalue weighted by atomic mass is 9.78. The lowest BCUT2D eigenvalue weighted by Crippen LogP contribution is -2.50. The van der Waals surface area contributed by atoms with Gasteiger partial charge in [-0.3, -0.25) is 9.59 Å². The highest BCUT2D eigenvalue weighted by molar-refractivity contribution is 6.43. The minimum absolute atomic E-state index is 0.0571. The van der Waals surface area contributed by atoms with E-state index in [1.54, 1.807) is 4.90 Å². The third-order valence-electron chi connectivity index (χ3n) is 6.56. The maximum absolute atomic E-state index is 12.4. The number of nitrogens with zero attached hydrogens (tertiary/aromatic N) is 1. The Labute approximate surface area is 162 Å². The molecular formula is C19H34BN3O4. The van der Waals surface area contributed by atoms with Gasteiger partial charge in [-0.25, -0.2) is 0 Å². The Balaban J connectivity index is 1.34. The molecule has 7 nitrogen and oxygen atoms in total. The van der Waals surface area contributed by atoms with Gasteiger partial charge in [-0.2, -0.15) is 0 Å². The van der Waals surface area contributed by atoms with Crippen LogP contribution in [0.2, 0.25) is 0 Å². The molecule has 0 radical (unpaired) electrons. The van der Waals surface area contributed by atoms with Crippen LogP contribution in [0.5, 0.6) is 0 Å². The molecule has 0 aromatic rings. The Morgan fingerprint density at radius 1 is 0.889 bits per heavy atom. The van der Waals surface area contributed by atoms with E-state index >= 15 is 0 Å². The molecule has 0 aromatic carbocycles. The molecule has 1 atom stereocenters. The van der Waals surface area contributed by atoms with E-state index in [0.717, 1.165) is 44.9 Å². The SMILES string of the molecule is O=C(NC1CCC(NCC(=O)N2CCC[C@H]2B(O)O)CC1)C1CCCCC1.